The van der Waals surface area contributed by atoms with Crippen LogP contribution in [0.5, 0.6) is 5.75 Å². The second-order valence-electron chi connectivity index (χ2n) is 10.9. The molecule has 6 rings (SSSR count). The van der Waals surface area contributed by atoms with Crippen LogP contribution in [-0.2, 0) is 11.3 Å². The molecule has 0 bridgehead atoms. The van der Waals surface area contributed by atoms with Gasteiger partial charge in [0.15, 0.2) is 0 Å². The summed E-state index contributed by atoms with van der Waals surface area (Å²) in [6.07, 6.45) is 5.14. The van der Waals surface area contributed by atoms with E-state index in [9.17, 15) is 9.59 Å². The molecule has 4 aromatic rings. The Balaban J connectivity index is 1.33. The lowest BCUT2D eigenvalue weighted by atomic mass is 10.1. The minimum absolute atomic E-state index is 0.122. The summed E-state index contributed by atoms with van der Waals surface area (Å²) >= 11 is 0. The van der Waals surface area contributed by atoms with Gasteiger partial charge in [-0.25, -0.2) is 4.98 Å². The van der Waals surface area contributed by atoms with Crippen molar-refractivity contribution in [1.29, 1.82) is 0 Å². The lowest BCUT2D eigenvalue weighted by Crippen LogP contribution is -2.44. The maximum atomic E-state index is 13.4. The van der Waals surface area contributed by atoms with Gasteiger partial charge in [-0.2, -0.15) is 4.98 Å². The van der Waals surface area contributed by atoms with Crippen LogP contribution < -0.4 is 25.8 Å². The van der Waals surface area contributed by atoms with Crippen LogP contribution in [0.2, 0.25) is 0 Å². The molecule has 216 valence electrons. The number of methoxy groups -OCH3 is 1. The van der Waals surface area contributed by atoms with Crippen LogP contribution in [0.25, 0.3) is 11.0 Å². The molecule has 1 aliphatic heterocycles. The molecule has 2 aliphatic rings. The molecule has 0 atom stereocenters. The van der Waals surface area contributed by atoms with Gasteiger partial charge in [0.25, 0.3) is 5.56 Å². The summed E-state index contributed by atoms with van der Waals surface area (Å²) < 4.78 is 7.40. The maximum Gasteiger partial charge on any atom is 0.252 e. The number of hydrogen-bond acceptors (Lipinski definition) is 8. The van der Waals surface area contributed by atoms with E-state index in [2.05, 4.69) is 45.1 Å². The van der Waals surface area contributed by atoms with Gasteiger partial charge in [0, 0.05) is 61.3 Å². The summed E-state index contributed by atoms with van der Waals surface area (Å²) in [5.41, 5.74) is 4.78. The Morgan fingerprint density at radius 3 is 2.67 bits per heavy atom. The number of rotatable bonds is 9. The van der Waals surface area contributed by atoms with Gasteiger partial charge in [-0.3, -0.25) is 14.2 Å². The Morgan fingerprint density at radius 2 is 1.93 bits per heavy atom. The Labute approximate surface area is 244 Å². The first-order chi connectivity index (χ1) is 20.4. The Hall–Kier alpha value is -4.70. The molecule has 42 heavy (non-hydrogen) atoms. The van der Waals surface area contributed by atoms with E-state index in [1.807, 2.05) is 30.3 Å². The molecule has 0 spiro atoms. The molecule has 2 aromatic carbocycles. The standard InChI is InChI=1S/C32H35N7O3/c1-4-29(40)34-23-7-5-6-21(16-23)20-39-30(41)18-25(22-8-9-22)26-19-33-32(36-31(26)39)35-27-11-10-24(17-28(27)42-3)38-14-12-37(2)13-15-38/h4-7,10-11,16-19,22H,1,8-9,12-15,20H2,2-3H3,(H,34,40)(H,33,35,36). The second kappa shape index (κ2) is 11.7. The highest BCUT2D eigenvalue weighted by Crippen LogP contribution is 2.42. The van der Waals surface area contributed by atoms with Gasteiger partial charge in [0.2, 0.25) is 11.9 Å². The van der Waals surface area contributed by atoms with Crippen molar-refractivity contribution in [2.75, 3.05) is 55.9 Å². The molecule has 0 radical (unpaired) electrons. The van der Waals surface area contributed by atoms with E-state index in [4.69, 9.17) is 9.72 Å². The first-order valence-corrected chi connectivity index (χ1v) is 14.2. The molecule has 3 heterocycles. The predicted molar refractivity (Wildman–Crippen MR) is 166 cm³/mol. The van der Waals surface area contributed by atoms with Crippen LogP contribution in [0.3, 0.4) is 0 Å². The largest absolute Gasteiger partial charge is 0.494 e. The Bertz CT molecular complexity index is 1700. The van der Waals surface area contributed by atoms with Crippen molar-refractivity contribution < 1.29 is 9.53 Å². The number of benzene rings is 2. The first-order valence-electron chi connectivity index (χ1n) is 14.2. The van der Waals surface area contributed by atoms with Gasteiger partial charge < -0.3 is 25.2 Å². The molecule has 0 unspecified atom stereocenters. The first kappa shape index (κ1) is 27.5. The van der Waals surface area contributed by atoms with Gasteiger partial charge >= 0.3 is 0 Å². The zero-order chi connectivity index (χ0) is 29.2. The number of amides is 1. The van der Waals surface area contributed by atoms with E-state index < -0.39 is 0 Å². The average molecular weight is 566 g/mol. The number of hydrogen-bond donors (Lipinski definition) is 2. The lowest BCUT2D eigenvalue weighted by molar-refractivity contribution is -0.111. The minimum atomic E-state index is -0.293. The molecule has 10 heteroatoms. The van der Waals surface area contributed by atoms with Crippen molar-refractivity contribution >= 4 is 40.0 Å². The van der Waals surface area contributed by atoms with Crippen molar-refractivity contribution in [2.45, 2.75) is 25.3 Å². The van der Waals surface area contributed by atoms with Gasteiger partial charge in [0.1, 0.15) is 11.4 Å². The number of nitrogens with zero attached hydrogens (tertiary/aromatic N) is 5. The number of piperazine rings is 1. The molecule has 10 nitrogen and oxygen atoms in total. The third kappa shape index (κ3) is 5.84. The fourth-order valence-electron chi connectivity index (χ4n) is 5.41. The molecule has 1 saturated heterocycles. The maximum absolute atomic E-state index is 13.4. The molecule has 2 fully saturated rings. The number of anilines is 4. The fourth-order valence-corrected chi connectivity index (χ4v) is 5.41. The summed E-state index contributed by atoms with van der Waals surface area (Å²) in [6, 6.07) is 15.2. The summed E-state index contributed by atoms with van der Waals surface area (Å²) in [7, 11) is 3.79. The van der Waals surface area contributed by atoms with Gasteiger partial charge in [-0.05, 0) is 67.3 Å². The minimum Gasteiger partial charge on any atom is -0.494 e. The van der Waals surface area contributed by atoms with E-state index >= 15 is 0 Å². The van der Waals surface area contributed by atoms with Crippen molar-refractivity contribution in [2.24, 2.45) is 0 Å². The number of likely N-dealkylation sites (N-methyl/N-ethyl adjacent to an activating group) is 1. The lowest BCUT2D eigenvalue weighted by Gasteiger charge is -2.34. The van der Waals surface area contributed by atoms with E-state index in [1.165, 1.54) is 6.08 Å². The monoisotopic (exact) mass is 565 g/mol. The number of fused-ring (bicyclic) bond motifs is 1. The number of nitrogens with one attached hydrogen (secondary N) is 2. The summed E-state index contributed by atoms with van der Waals surface area (Å²) in [5.74, 6) is 1.13. The molecule has 1 aliphatic carbocycles. The molecule has 2 aromatic heterocycles. The van der Waals surface area contributed by atoms with Crippen LogP contribution in [0, 0.1) is 0 Å². The second-order valence-corrected chi connectivity index (χ2v) is 10.9. The Kier molecular flexibility index (Phi) is 7.62. The predicted octanol–water partition coefficient (Wildman–Crippen LogP) is 4.35. The number of ether oxygens (including phenoxy) is 1. The smallest absolute Gasteiger partial charge is 0.252 e. The molecular formula is C32H35N7O3. The number of carbonyl (C=O) groups excluding carboxylic acids is 1. The van der Waals surface area contributed by atoms with E-state index in [0.717, 1.165) is 66.9 Å². The van der Waals surface area contributed by atoms with Gasteiger partial charge in [0.05, 0.1) is 19.3 Å². The third-order valence-electron chi connectivity index (χ3n) is 7.92. The van der Waals surface area contributed by atoms with Crippen LogP contribution in [0.4, 0.5) is 23.0 Å². The van der Waals surface area contributed by atoms with Crippen molar-refractivity contribution in [3.63, 3.8) is 0 Å². The van der Waals surface area contributed by atoms with Crippen LogP contribution >= 0.6 is 0 Å². The third-order valence-corrected chi connectivity index (χ3v) is 7.92. The van der Waals surface area contributed by atoms with Crippen molar-refractivity contribution in [3.8, 4) is 5.75 Å². The number of carbonyl (C=O) groups is 1. The average Bonchev–Trinajstić information content (AvgIpc) is 3.85. The van der Waals surface area contributed by atoms with Crippen molar-refractivity contribution in [1.82, 2.24) is 19.4 Å². The zero-order valence-electron chi connectivity index (χ0n) is 24.0. The summed E-state index contributed by atoms with van der Waals surface area (Å²) in [5, 5.41) is 6.97. The Morgan fingerprint density at radius 1 is 1.12 bits per heavy atom. The SMILES string of the molecule is C=CC(=O)Nc1cccc(Cn2c(=O)cc(C3CC3)c3cnc(Nc4ccc(N5CCN(C)CC5)cc4OC)nc32)c1. The van der Waals surface area contributed by atoms with Crippen LogP contribution in [0.1, 0.15) is 29.9 Å². The van der Waals surface area contributed by atoms with Gasteiger partial charge in [-0.15, -0.1) is 0 Å². The molecule has 1 amide bonds. The van der Waals surface area contributed by atoms with E-state index in [0.29, 0.717) is 29.0 Å². The summed E-state index contributed by atoms with van der Waals surface area (Å²) in [6.45, 7) is 7.76. The van der Waals surface area contributed by atoms with E-state index in [1.54, 1.807) is 30.0 Å². The van der Waals surface area contributed by atoms with Gasteiger partial charge in [-0.1, -0.05) is 18.7 Å². The molecule has 1 saturated carbocycles. The topological polar surface area (TPSA) is 105 Å². The quantitative estimate of drug-likeness (QED) is 0.289. The molecular weight excluding hydrogens is 530 g/mol. The highest BCUT2D eigenvalue weighted by Gasteiger charge is 2.28. The fraction of sp³-hybridized carbons (Fsp3) is 0.312. The summed E-state index contributed by atoms with van der Waals surface area (Å²) in [4.78, 5) is 39.4. The van der Waals surface area contributed by atoms with E-state index in [-0.39, 0.29) is 18.0 Å². The van der Waals surface area contributed by atoms with Crippen LogP contribution in [0.15, 0.2) is 72.2 Å². The zero-order valence-corrected chi connectivity index (χ0v) is 24.0. The number of pyridine rings is 1. The normalized spacial score (nSPS) is 15.4. The highest BCUT2D eigenvalue weighted by molar-refractivity contribution is 5.98. The van der Waals surface area contributed by atoms with Crippen LogP contribution in [-0.4, -0.2) is 65.7 Å². The number of aromatic nitrogens is 3. The van der Waals surface area contributed by atoms with Crippen molar-refractivity contribution in [3.05, 3.63) is 88.9 Å². The highest BCUT2D eigenvalue weighted by atomic mass is 16.5. The molecule has 2 N–H and O–H groups in total.